The number of imide groups is 1. The van der Waals surface area contributed by atoms with Gasteiger partial charge in [0.15, 0.2) is 0 Å². The second-order valence-electron chi connectivity index (χ2n) is 14.8. The Kier molecular flexibility index (Phi) is 17.8. The van der Waals surface area contributed by atoms with E-state index in [0.29, 0.717) is 25.7 Å². The van der Waals surface area contributed by atoms with Gasteiger partial charge in [-0.1, -0.05) is 133 Å². The van der Waals surface area contributed by atoms with Crippen molar-refractivity contribution >= 4 is 28.5 Å². The summed E-state index contributed by atoms with van der Waals surface area (Å²) < 4.78 is 0. The largest absolute Gasteiger partial charge is 0.394 e. The predicted octanol–water partition coefficient (Wildman–Crippen LogP) is 6.97. The summed E-state index contributed by atoms with van der Waals surface area (Å²) in [5.74, 6) is -1.78. The lowest BCUT2D eigenvalue weighted by Gasteiger charge is -2.38. The Labute approximate surface area is 306 Å². The average Bonchev–Trinajstić information content (AvgIpc) is 3.13. The molecule has 0 aliphatic heterocycles. The highest BCUT2D eigenvalue weighted by molar-refractivity contribution is 5.99. The van der Waals surface area contributed by atoms with E-state index >= 15 is 4.79 Å². The molecule has 0 aliphatic carbocycles. The summed E-state index contributed by atoms with van der Waals surface area (Å²) in [5.41, 5.74) is 8.79. The number of carbonyl (C=O) groups excluding carboxylic acids is 3. The number of unbranched alkanes of at least 4 members (excludes halogenated alkanes) is 2. The summed E-state index contributed by atoms with van der Waals surface area (Å²) in [6.07, 6.45) is 4.98. The van der Waals surface area contributed by atoms with Crippen LogP contribution in [0.2, 0.25) is 0 Å². The number of nitrogens with one attached hydrogen (secondary N) is 1. The Morgan fingerprint density at radius 3 is 2.20 bits per heavy atom. The predicted molar refractivity (Wildman–Crippen MR) is 207 cm³/mol. The fourth-order valence-electron chi connectivity index (χ4n) is 6.93. The van der Waals surface area contributed by atoms with Crippen LogP contribution in [0.3, 0.4) is 0 Å². The highest BCUT2D eigenvalue weighted by Gasteiger charge is 2.40. The number of benzene rings is 3. The number of hydrogen-bond acceptors (Lipinski definition) is 6. The van der Waals surface area contributed by atoms with Crippen LogP contribution < -0.4 is 11.1 Å². The van der Waals surface area contributed by atoms with Crippen molar-refractivity contribution in [2.75, 3.05) is 6.61 Å². The van der Waals surface area contributed by atoms with E-state index in [9.17, 15) is 19.8 Å². The third-order valence-corrected chi connectivity index (χ3v) is 10.2. The van der Waals surface area contributed by atoms with E-state index < -0.39 is 42.0 Å². The van der Waals surface area contributed by atoms with Crippen LogP contribution in [0.4, 0.5) is 0 Å². The number of fused-ring (bicyclic) bond motifs is 1. The van der Waals surface area contributed by atoms with Gasteiger partial charge in [-0.2, -0.15) is 0 Å². The smallest absolute Gasteiger partial charge is 0.246 e. The maximum atomic E-state index is 15.0. The average molecular weight is 702 g/mol. The standard InChI is InChI=1S/C43H63N3O5/c1-6-8-25-37(44)43(51)46(39(26-30(3)4)40(48)28-41(49)45-38(29-47)31(5)7-2)42(50)35(21-13-12-19-32-17-10-9-11-18-32)27-34-23-16-22-33-20-14-15-24-36(33)34/h9-11,14-18,20,22-24,30-31,35,37-40,47-48H,6-8,12-13,19,21,25-29,44H2,1-5H3,(H,45,49)/t31-,35?,37-,38+,39-,40-/m0/s1. The molecule has 0 aliphatic rings. The van der Waals surface area contributed by atoms with Gasteiger partial charge in [-0.3, -0.25) is 19.3 Å². The minimum absolute atomic E-state index is 0.00960. The molecule has 3 amide bonds. The molecule has 1 unspecified atom stereocenters. The minimum atomic E-state index is -1.31. The molecular formula is C43H63N3O5. The van der Waals surface area contributed by atoms with Crippen LogP contribution >= 0.6 is 0 Å². The number of amides is 3. The third kappa shape index (κ3) is 12.8. The number of nitrogens with two attached hydrogens (primary N) is 1. The second kappa shape index (κ2) is 21.7. The molecule has 0 spiro atoms. The van der Waals surface area contributed by atoms with Crippen molar-refractivity contribution in [1.82, 2.24) is 10.2 Å². The molecule has 0 saturated heterocycles. The van der Waals surface area contributed by atoms with Crippen LogP contribution in [0.1, 0.15) is 104 Å². The molecule has 0 heterocycles. The van der Waals surface area contributed by atoms with Crippen molar-refractivity contribution in [3.8, 4) is 0 Å². The number of rotatable bonds is 22. The van der Waals surface area contributed by atoms with Gasteiger partial charge < -0.3 is 21.3 Å². The topological polar surface area (TPSA) is 133 Å². The van der Waals surface area contributed by atoms with Crippen molar-refractivity contribution < 1.29 is 24.6 Å². The molecule has 3 aromatic carbocycles. The highest BCUT2D eigenvalue weighted by Crippen LogP contribution is 2.28. The normalized spacial score (nSPS) is 15.2. The molecule has 6 atom stereocenters. The Morgan fingerprint density at radius 2 is 1.53 bits per heavy atom. The molecule has 8 nitrogen and oxygen atoms in total. The first kappa shape index (κ1) is 41.8. The van der Waals surface area contributed by atoms with E-state index in [1.54, 1.807) is 0 Å². The van der Waals surface area contributed by atoms with E-state index in [0.717, 1.165) is 54.9 Å². The summed E-state index contributed by atoms with van der Waals surface area (Å²) in [7, 11) is 0. The molecule has 3 aromatic rings. The summed E-state index contributed by atoms with van der Waals surface area (Å²) in [5, 5.41) is 26.7. The zero-order chi connectivity index (χ0) is 37.3. The molecular weight excluding hydrogens is 638 g/mol. The van der Waals surface area contributed by atoms with Crippen molar-refractivity contribution in [2.45, 2.75) is 129 Å². The Bertz CT molecular complexity index is 1490. The van der Waals surface area contributed by atoms with E-state index in [1.165, 1.54) is 10.5 Å². The van der Waals surface area contributed by atoms with E-state index in [-0.39, 0.29) is 30.8 Å². The fourth-order valence-corrected chi connectivity index (χ4v) is 6.93. The second-order valence-corrected chi connectivity index (χ2v) is 14.8. The molecule has 5 N–H and O–H groups in total. The van der Waals surface area contributed by atoms with Crippen molar-refractivity contribution in [1.29, 1.82) is 0 Å². The first-order chi connectivity index (χ1) is 24.5. The number of hydrogen-bond donors (Lipinski definition) is 4. The molecule has 3 rings (SSSR count). The Balaban J connectivity index is 2.01. The molecule has 0 aromatic heterocycles. The Hall–Kier alpha value is -3.59. The minimum Gasteiger partial charge on any atom is -0.394 e. The van der Waals surface area contributed by atoms with Gasteiger partial charge in [-0.15, -0.1) is 0 Å². The van der Waals surface area contributed by atoms with Crippen LogP contribution in [0, 0.1) is 17.8 Å². The van der Waals surface area contributed by atoms with Gasteiger partial charge in [0.25, 0.3) is 0 Å². The monoisotopic (exact) mass is 701 g/mol. The maximum Gasteiger partial charge on any atom is 0.246 e. The zero-order valence-corrected chi connectivity index (χ0v) is 31.6. The fraction of sp³-hybridized carbons (Fsp3) is 0.558. The molecule has 0 saturated carbocycles. The molecule has 0 fully saturated rings. The zero-order valence-electron chi connectivity index (χ0n) is 31.6. The number of aliphatic hydroxyl groups is 2. The maximum absolute atomic E-state index is 15.0. The lowest BCUT2D eigenvalue weighted by atomic mass is 9.87. The van der Waals surface area contributed by atoms with Crippen LogP contribution in [0.15, 0.2) is 72.8 Å². The van der Waals surface area contributed by atoms with Gasteiger partial charge in [0, 0.05) is 5.92 Å². The van der Waals surface area contributed by atoms with Crippen molar-refractivity contribution in [3.05, 3.63) is 83.9 Å². The number of carbonyl (C=O) groups is 3. The van der Waals surface area contributed by atoms with Crippen LogP contribution in [-0.4, -0.2) is 63.7 Å². The van der Waals surface area contributed by atoms with Gasteiger partial charge in [0.2, 0.25) is 17.7 Å². The summed E-state index contributed by atoms with van der Waals surface area (Å²) in [6, 6.07) is 22.2. The molecule has 51 heavy (non-hydrogen) atoms. The summed E-state index contributed by atoms with van der Waals surface area (Å²) >= 11 is 0. The SMILES string of the molecule is CCCC[C@H](N)C(=O)N(C(=O)C(CCCCc1ccccc1)Cc1cccc2ccccc12)[C@@H](CC(C)C)[C@@H](O)CC(=O)N[C@H](CO)[C@@H](C)CC. The number of aliphatic hydroxyl groups excluding tert-OH is 2. The number of aryl methyl sites for hydroxylation is 1. The van der Waals surface area contributed by atoms with Gasteiger partial charge in [0.05, 0.1) is 37.3 Å². The van der Waals surface area contributed by atoms with E-state index in [1.807, 2.05) is 77.1 Å². The first-order valence-corrected chi connectivity index (χ1v) is 19.2. The van der Waals surface area contributed by atoms with Gasteiger partial charge in [-0.05, 0) is 72.3 Å². The third-order valence-electron chi connectivity index (χ3n) is 10.2. The molecule has 0 radical (unpaired) electrons. The van der Waals surface area contributed by atoms with E-state index in [2.05, 4.69) is 35.6 Å². The summed E-state index contributed by atoms with van der Waals surface area (Å²) in [6.45, 7) is 9.70. The molecule has 0 bridgehead atoms. The van der Waals surface area contributed by atoms with Gasteiger partial charge in [0.1, 0.15) is 0 Å². The first-order valence-electron chi connectivity index (χ1n) is 19.2. The van der Waals surface area contributed by atoms with Crippen molar-refractivity contribution in [3.63, 3.8) is 0 Å². The highest BCUT2D eigenvalue weighted by atomic mass is 16.3. The van der Waals surface area contributed by atoms with Gasteiger partial charge >= 0.3 is 0 Å². The lowest BCUT2D eigenvalue weighted by molar-refractivity contribution is -0.156. The van der Waals surface area contributed by atoms with Crippen LogP contribution in [-0.2, 0) is 27.2 Å². The summed E-state index contributed by atoms with van der Waals surface area (Å²) in [4.78, 5) is 43.9. The number of nitrogens with zero attached hydrogens (tertiary/aromatic N) is 1. The van der Waals surface area contributed by atoms with Gasteiger partial charge in [-0.25, -0.2) is 0 Å². The lowest BCUT2D eigenvalue weighted by Crippen LogP contribution is -2.58. The quantitative estimate of drug-likeness (QED) is 0.0837. The van der Waals surface area contributed by atoms with Crippen LogP contribution in [0.25, 0.3) is 10.8 Å². The van der Waals surface area contributed by atoms with Crippen molar-refractivity contribution in [2.24, 2.45) is 23.5 Å². The molecule has 8 heteroatoms. The molecule has 280 valence electrons. The Morgan fingerprint density at radius 1 is 0.843 bits per heavy atom. The van der Waals surface area contributed by atoms with Crippen LogP contribution in [0.5, 0.6) is 0 Å². The van der Waals surface area contributed by atoms with E-state index in [4.69, 9.17) is 5.73 Å².